The second-order valence-electron chi connectivity index (χ2n) is 4.74. The van der Waals surface area contributed by atoms with Crippen LogP contribution >= 0.6 is 0 Å². The van der Waals surface area contributed by atoms with E-state index in [1.807, 2.05) is 49.4 Å². The molecule has 1 aromatic heterocycles. The van der Waals surface area contributed by atoms with E-state index in [9.17, 15) is 0 Å². The van der Waals surface area contributed by atoms with Gasteiger partial charge in [0.2, 0.25) is 0 Å². The monoisotopic (exact) mass is 275 g/mol. The van der Waals surface area contributed by atoms with Gasteiger partial charge in [-0.1, -0.05) is 54.6 Å². The van der Waals surface area contributed by atoms with Gasteiger partial charge in [-0.2, -0.15) is 0 Å². The molecule has 0 N–H and O–H groups in total. The molecular weight excluding hydrogens is 258 g/mol. The van der Waals surface area contributed by atoms with E-state index in [1.165, 1.54) is 0 Å². The van der Waals surface area contributed by atoms with Crippen molar-refractivity contribution in [1.82, 2.24) is 4.98 Å². The maximum absolute atomic E-state index is 5.72. The predicted octanol–water partition coefficient (Wildman–Crippen LogP) is 4.80. The summed E-state index contributed by atoms with van der Waals surface area (Å²) in [5.74, 6) is 0.823. The summed E-state index contributed by atoms with van der Waals surface area (Å²) in [6.07, 6.45) is 4.06. The molecule has 0 aliphatic carbocycles. The predicted molar refractivity (Wildman–Crippen MR) is 88.3 cm³/mol. The summed E-state index contributed by atoms with van der Waals surface area (Å²) < 4.78 is 5.72. The van der Waals surface area contributed by atoms with Crippen molar-refractivity contribution in [3.63, 3.8) is 0 Å². The molecule has 2 aromatic carbocycles. The summed E-state index contributed by atoms with van der Waals surface area (Å²) in [5, 5.41) is 1.10. The highest BCUT2D eigenvalue weighted by molar-refractivity contribution is 5.83. The van der Waals surface area contributed by atoms with Crippen LogP contribution in [0.1, 0.15) is 18.2 Å². The molecule has 0 aliphatic rings. The number of hydrogen-bond acceptors (Lipinski definition) is 2. The normalized spacial score (nSPS) is 11.1. The van der Waals surface area contributed by atoms with Crippen LogP contribution in [0, 0.1) is 0 Å². The van der Waals surface area contributed by atoms with Gasteiger partial charge in [-0.05, 0) is 30.7 Å². The molecular formula is C19H17NO. The third-order valence-corrected chi connectivity index (χ3v) is 3.25. The SMILES string of the molecule is CCOc1cc2ccccc2nc1C=Cc1ccccc1. The molecule has 0 atom stereocenters. The zero-order valence-corrected chi connectivity index (χ0v) is 12.0. The zero-order chi connectivity index (χ0) is 14.5. The minimum absolute atomic E-state index is 0.631. The van der Waals surface area contributed by atoms with E-state index in [0.717, 1.165) is 27.9 Å². The van der Waals surface area contributed by atoms with Crippen molar-refractivity contribution < 1.29 is 4.74 Å². The third-order valence-electron chi connectivity index (χ3n) is 3.25. The van der Waals surface area contributed by atoms with Gasteiger partial charge in [0.1, 0.15) is 11.4 Å². The van der Waals surface area contributed by atoms with Crippen LogP contribution in [-0.2, 0) is 0 Å². The molecule has 0 saturated carbocycles. The number of hydrogen-bond donors (Lipinski definition) is 0. The summed E-state index contributed by atoms with van der Waals surface area (Å²) >= 11 is 0. The van der Waals surface area contributed by atoms with Crippen molar-refractivity contribution in [2.24, 2.45) is 0 Å². The highest BCUT2D eigenvalue weighted by Crippen LogP contribution is 2.24. The Morgan fingerprint density at radius 2 is 1.71 bits per heavy atom. The lowest BCUT2D eigenvalue weighted by Crippen LogP contribution is -1.96. The van der Waals surface area contributed by atoms with Crippen LogP contribution in [0.15, 0.2) is 60.7 Å². The maximum Gasteiger partial charge on any atom is 0.145 e. The van der Waals surface area contributed by atoms with Crippen molar-refractivity contribution >= 4 is 23.1 Å². The number of pyridine rings is 1. The van der Waals surface area contributed by atoms with E-state index in [0.29, 0.717) is 6.61 Å². The number of para-hydroxylation sites is 1. The Morgan fingerprint density at radius 1 is 0.952 bits per heavy atom. The summed E-state index contributed by atoms with van der Waals surface area (Å²) in [4.78, 5) is 4.70. The Labute approximate surface area is 124 Å². The first kappa shape index (κ1) is 13.4. The van der Waals surface area contributed by atoms with E-state index in [2.05, 4.69) is 30.3 Å². The molecule has 0 spiro atoms. The van der Waals surface area contributed by atoms with Crippen LogP contribution < -0.4 is 4.74 Å². The van der Waals surface area contributed by atoms with Crippen LogP contribution in [0.2, 0.25) is 0 Å². The van der Waals surface area contributed by atoms with Crippen molar-refractivity contribution in [3.05, 3.63) is 71.9 Å². The Hall–Kier alpha value is -2.61. The zero-order valence-electron chi connectivity index (χ0n) is 12.0. The molecule has 0 radical (unpaired) electrons. The van der Waals surface area contributed by atoms with E-state index < -0.39 is 0 Å². The van der Waals surface area contributed by atoms with Gasteiger partial charge < -0.3 is 4.74 Å². The summed E-state index contributed by atoms with van der Waals surface area (Å²) in [5.41, 5.74) is 2.99. The molecule has 2 nitrogen and oxygen atoms in total. The number of benzene rings is 2. The van der Waals surface area contributed by atoms with E-state index >= 15 is 0 Å². The molecule has 0 unspecified atom stereocenters. The average Bonchev–Trinajstić information content (AvgIpc) is 2.54. The molecule has 2 heteroatoms. The van der Waals surface area contributed by atoms with Crippen LogP contribution in [0.4, 0.5) is 0 Å². The second kappa shape index (κ2) is 6.23. The quantitative estimate of drug-likeness (QED) is 0.682. The average molecular weight is 275 g/mol. The largest absolute Gasteiger partial charge is 0.492 e. The smallest absolute Gasteiger partial charge is 0.145 e. The Bertz CT molecular complexity index is 763. The van der Waals surface area contributed by atoms with Gasteiger partial charge in [0.05, 0.1) is 12.1 Å². The molecule has 0 amide bonds. The second-order valence-corrected chi connectivity index (χ2v) is 4.74. The lowest BCUT2D eigenvalue weighted by atomic mass is 10.1. The lowest BCUT2D eigenvalue weighted by molar-refractivity contribution is 0.338. The topological polar surface area (TPSA) is 22.1 Å². The highest BCUT2D eigenvalue weighted by atomic mass is 16.5. The van der Waals surface area contributed by atoms with E-state index in [-0.39, 0.29) is 0 Å². The third kappa shape index (κ3) is 3.11. The molecule has 1 heterocycles. The van der Waals surface area contributed by atoms with Crippen molar-refractivity contribution in [3.8, 4) is 5.75 Å². The van der Waals surface area contributed by atoms with Crippen molar-refractivity contribution in [2.45, 2.75) is 6.92 Å². The summed E-state index contributed by atoms with van der Waals surface area (Å²) in [6.45, 7) is 2.62. The van der Waals surface area contributed by atoms with Gasteiger partial charge in [0.25, 0.3) is 0 Å². The van der Waals surface area contributed by atoms with Gasteiger partial charge in [-0.25, -0.2) is 4.98 Å². The fraction of sp³-hybridized carbons (Fsp3) is 0.105. The number of nitrogens with zero attached hydrogens (tertiary/aromatic N) is 1. The maximum atomic E-state index is 5.72. The molecule has 104 valence electrons. The summed E-state index contributed by atoms with van der Waals surface area (Å²) in [6, 6.07) is 20.3. The molecule has 0 aliphatic heterocycles. The first-order chi connectivity index (χ1) is 10.4. The number of rotatable bonds is 4. The van der Waals surface area contributed by atoms with Gasteiger partial charge in [0.15, 0.2) is 0 Å². The minimum Gasteiger partial charge on any atom is -0.492 e. The fourth-order valence-electron chi connectivity index (χ4n) is 2.24. The van der Waals surface area contributed by atoms with Crippen LogP contribution in [0.25, 0.3) is 23.1 Å². The highest BCUT2D eigenvalue weighted by Gasteiger charge is 2.05. The van der Waals surface area contributed by atoms with Crippen molar-refractivity contribution in [1.29, 1.82) is 0 Å². The standard InChI is InChI=1S/C19H17NO/c1-2-21-19-14-16-10-6-7-11-17(16)20-18(19)13-12-15-8-4-3-5-9-15/h3-14H,2H2,1H3. The molecule has 0 saturated heterocycles. The Morgan fingerprint density at radius 3 is 2.52 bits per heavy atom. The number of fused-ring (bicyclic) bond motifs is 1. The molecule has 3 aromatic rings. The van der Waals surface area contributed by atoms with E-state index in [1.54, 1.807) is 0 Å². The molecule has 0 fully saturated rings. The van der Waals surface area contributed by atoms with Crippen molar-refractivity contribution in [2.75, 3.05) is 6.61 Å². The van der Waals surface area contributed by atoms with E-state index in [4.69, 9.17) is 9.72 Å². The fourth-order valence-corrected chi connectivity index (χ4v) is 2.24. The molecule has 0 bridgehead atoms. The lowest BCUT2D eigenvalue weighted by Gasteiger charge is -2.08. The number of ether oxygens (including phenoxy) is 1. The van der Waals surface area contributed by atoms with Gasteiger partial charge in [-0.3, -0.25) is 0 Å². The summed E-state index contributed by atoms with van der Waals surface area (Å²) in [7, 11) is 0. The van der Waals surface area contributed by atoms with Crippen LogP contribution in [-0.4, -0.2) is 11.6 Å². The van der Waals surface area contributed by atoms with Gasteiger partial charge in [-0.15, -0.1) is 0 Å². The van der Waals surface area contributed by atoms with Crippen LogP contribution in [0.5, 0.6) is 5.75 Å². The first-order valence-corrected chi connectivity index (χ1v) is 7.12. The minimum atomic E-state index is 0.631. The van der Waals surface area contributed by atoms with Gasteiger partial charge >= 0.3 is 0 Å². The first-order valence-electron chi connectivity index (χ1n) is 7.12. The Balaban J connectivity index is 2.03. The molecule has 3 rings (SSSR count). The Kier molecular flexibility index (Phi) is 3.97. The molecule has 21 heavy (non-hydrogen) atoms. The van der Waals surface area contributed by atoms with Crippen LogP contribution in [0.3, 0.4) is 0 Å². The van der Waals surface area contributed by atoms with Gasteiger partial charge in [0, 0.05) is 5.39 Å². The number of aromatic nitrogens is 1.